The lowest BCUT2D eigenvalue weighted by atomic mass is 9.94. The van der Waals surface area contributed by atoms with Crippen LogP contribution in [0.25, 0.3) is 16.0 Å². The Morgan fingerprint density at radius 2 is 1.81 bits per heavy atom. The molecule has 3 heterocycles. The number of hydrogen-bond donors (Lipinski definition) is 1. The predicted molar refractivity (Wildman–Crippen MR) is 182 cm³/mol. The van der Waals surface area contributed by atoms with Gasteiger partial charge in [0.1, 0.15) is 24.2 Å². The largest absolute Gasteiger partial charge is 0.507 e. The molecule has 0 radical (unpaired) electrons. The number of hydrogen-bond acceptors (Lipinski definition) is 8. The number of Topliss-reactive ketones (excluding diaryl/α,β-unsaturated/α-hetero) is 1. The number of nitrogens with zero attached hydrogens (tertiary/aromatic N) is 2. The molecule has 5 aromatic rings. The highest BCUT2D eigenvalue weighted by Crippen LogP contribution is 2.46. The molecule has 7 rings (SSSR count). The van der Waals surface area contributed by atoms with Crippen LogP contribution in [0.2, 0.25) is 0 Å². The molecule has 0 spiro atoms. The highest BCUT2D eigenvalue weighted by atomic mass is 32.1. The van der Waals surface area contributed by atoms with Gasteiger partial charge in [0.05, 0.1) is 28.4 Å². The normalized spacial score (nSPS) is 18.4. The fourth-order valence-electron chi connectivity index (χ4n) is 6.35. The Morgan fingerprint density at radius 1 is 1.00 bits per heavy atom. The molecule has 0 bridgehead atoms. The number of rotatable bonds is 8. The highest BCUT2D eigenvalue weighted by Gasteiger charge is 2.48. The molecule has 0 unspecified atom stereocenters. The molecular formula is C38H34N2O6S. The first-order chi connectivity index (χ1) is 22.7. The second-order valence-electron chi connectivity index (χ2n) is 12.0. The lowest BCUT2D eigenvalue weighted by molar-refractivity contribution is -0.132. The zero-order chi connectivity index (χ0) is 32.8. The summed E-state index contributed by atoms with van der Waals surface area (Å²) in [6.07, 6.45) is 0.694. The molecule has 2 atom stereocenters. The van der Waals surface area contributed by atoms with E-state index in [1.165, 1.54) is 16.2 Å². The second-order valence-corrected chi connectivity index (χ2v) is 13.0. The summed E-state index contributed by atoms with van der Waals surface area (Å²) in [6.45, 7) is 8.56. The van der Waals surface area contributed by atoms with Crippen molar-refractivity contribution < 1.29 is 28.9 Å². The van der Waals surface area contributed by atoms with Gasteiger partial charge in [-0.1, -0.05) is 53.8 Å². The molecule has 1 aromatic heterocycles. The number of carbonyl (C=O) groups excluding carboxylic acids is 2. The van der Waals surface area contributed by atoms with E-state index in [0.717, 1.165) is 38.2 Å². The van der Waals surface area contributed by atoms with Crippen LogP contribution in [-0.4, -0.2) is 34.5 Å². The van der Waals surface area contributed by atoms with E-state index >= 15 is 0 Å². The summed E-state index contributed by atoms with van der Waals surface area (Å²) >= 11 is 1.34. The number of amides is 1. The summed E-state index contributed by atoms with van der Waals surface area (Å²) in [5, 5.41) is 12.2. The van der Waals surface area contributed by atoms with Crippen molar-refractivity contribution in [3.8, 4) is 17.2 Å². The average Bonchev–Trinajstić information content (AvgIpc) is 3.73. The van der Waals surface area contributed by atoms with Crippen LogP contribution in [0.1, 0.15) is 53.3 Å². The van der Waals surface area contributed by atoms with E-state index in [4.69, 9.17) is 19.2 Å². The van der Waals surface area contributed by atoms with Gasteiger partial charge in [-0.05, 0) is 91.9 Å². The van der Waals surface area contributed by atoms with Crippen LogP contribution in [0.15, 0.2) is 84.4 Å². The Labute approximate surface area is 276 Å². The Kier molecular flexibility index (Phi) is 7.93. The molecule has 238 valence electrons. The summed E-state index contributed by atoms with van der Waals surface area (Å²) in [6, 6.07) is 23.6. The van der Waals surface area contributed by atoms with Gasteiger partial charge in [-0.25, -0.2) is 4.98 Å². The third-order valence-electron chi connectivity index (χ3n) is 8.46. The lowest BCUT2D eigenvalue weighted by Gasteiger charge is -2.24. The maximum atomic E-state index is 14.0. The molecule has 0 saturated carbocycles. The first kappa shape index (κ1) is 30.5. The minimum absolute atomic E-state index is 0.0127. The minimum Gasteiger partial charge on any atom is -0.507 e. The number of aliphatic hydroxyl groups is 1. The molecule has 9 heteroatoms. The van der Waals surface area contributed by atoms with Crippen molar-refractivity contribution >= 4 is 44.1 Å². The van der Waals surface area contributed by atoms with Crippen molar-refractivity contribution in [3.05, 3.63) is 118 Å². The minimum atomic E-state index is -0.970. The number of benzene rings is 4. The van der Waals surface area contributed by atoms with Crippen LogP contribution in [0.4, 0.5) is 5.13 Å². The Balaban J connectivity index is 1.37. The Morgan fingerprint density at radius 3 is 2.60 bits per heavy atom. The summed E-state index contributed by atoms with van der Waals surface area (Å²) in [4.78, 5) is 34.1. The summed E-state index contributed by atoms with van der Waals surface area (Å²) < 4.78 is 18.9. The quantitative estimate of drug-likeness (QED) is 0.104. The van der Waals surface area contributed by atoms with Gasteiger partial charge in [0.15, 0.2) is 16.6 Å². The van der Waals surface area contributed by atoms with Crippen molar-refractivity contribution in [3.63, 3.8) is 0 Å². The zero-order valence-corrected chi connectivity index (χ0v) is 27.4. The second kappa shape index (κ2) is 12.2. The van der Waals surface area contributed by atoms with Crippen LogP contribution in [0, 0.1) is 13.8 Å². The highest BCUT2D eigenvalue weighted by molar-refractivity contribution is 7.22. The lowest BCUT2D eigenvalue weighted by Crippen LogP contribution is -2.29. The smallest absolute Gasteiger partial charge is 0.301 e. The third-order valence-corrected chi connectivity index (χ3v) is 9.46. The van der Waals surface area contributed by atoms with Crippen LogP contribution >= 0.6 is 11.3 Å². The molecule has 47 heavy (non-hydrogen) atoms. The summed E-state index contributed by atoms with van der Waals surface area (Å²) in [5.74, 6) is -0.0638. The zero-order valence-electron chi connectivity index (χ0n) is 26.6. The van der Waals surface area contributed by atoms with Crippen LogP contribution in [-0.2, 0) is 22.6 Å². The van der Waals surface area contributed by atoms with E-state index in [-0.39, 0.29) is 17.4 Å². The molecule has 1 amide bonds. The van der Waals surface area contributed by atoms with E-state index in [1.807, 2.05) is 76.2 Å². The number of aliphatic hydroxyl groups excluding tert-OH is 1. The van der Waals surface area contributed by atoms with Gasteiger partial charge >= 0.3 is 5.91 Å². The van der Waals surface area contributed by atoms with Crippen molar-refractivity contribution in [2.45, 2.75) is 52.9 Å². The van der Waals surface area contributed by atoms with Gasteiger partial charge in [-0.15, -0.1) is 0 Å². The number of carbonyl (C=O) groups is 2. The first-order valence-corrected chi connectivity index (χ1v) is 16.5. The monoisotopic (exact) mass is 646 g/mol. The maximum Gasteiger partial charge on any atom is 0.301 e. The van der Waals surface area contributed by atoms with E-state index in [1.54, 1.807) is 30.3 Å². The van der Waals surface area contributed by atoms with E-state index in [0.29, 0.717) is 47.4 Å². The number of thiazole rings is 1. The van der Waals surface area contributed by atoms with Crippen LogP contribution < -0.4 is 19.1 Å². The molecule has 2 aliphatic heterocycles. The molecule has 1 saturated heterocycles. The maximum absolute atomic E-state index is 14.0. The molecule has 8 nitrogen and oxygen atoms in total. The molecule has 4 aromatic carbocycles. The SMILES string of the molecule is CCOc1cc([C@H]2C(=C(O)c3ccc4c(c3)C[C@H](C)O4)C(=O)C(=O)N2c2nc3c(C)cc(C)cc3s2)ccc1OCc1ccccc1. The van der Waals surface area contributed by atoms with E-state index in [2.05, 4.69) is 0 Å². The van der Waals surface area contributed by atoms with E-state index in [9.17, 15) is 14.7 Å². The number of anilines is 1. The number of ketones is 1. The average molecular weight is 647 g/mol. The summed E-state index contributed by atoms with van der Waals surface area (Å²) in [5.41, 5.74) is 5.75. The fourth-order valence-corrected chi connectivity index (χ4v) is 7.52. The molecule has 0 aliphatic carbocycles. The molecule has 2 aliphatic rings. The fraction of sp³-hybridized carbons (Fsp3) is 0.237. The van der Waals surface area contributed by atoms with Crippen molar-refractivity contribution in [1.82, 2.24) is 4.98 Å². The summed E-state index contributed by atoms with van der Waals surface area (Å²) in [7, 11) is 0. The number of ether oxygens (including phenoxy) is 3. The van der Waals surface area contributed by atoms with E-state index < -0.39 is 17.7 Å². The number of aryl methyl sites for hydroxylation is 2. The van der Waals surface area contributed by atoms with Crippen LogP contribution in [0.5, 0.6) is 17.2 Å². The van der Waals surface area contributed by atoms with Gasteiger partial charge in [0, 0.05) is 12.0 Å². The topological polar surface area (TPSA) is 98.2 Å². The number of fused-ring (bicyclic) bond motifs is 2. The standard InChI is InChI=1S/C38H34N2O6S/c1-5-44-30-19-25(11-14-29(30)45-20-24-9-7-6-8-10-24)34-32(35(41)26-12-13-28-27(18-26)17-23(4)46-28)36(42)37(43)40(34)38-39-33-22(3)15-21(2)16-31(33)47-38/h6-16,18-19,23,34,41H,5,17,20H2,1-4H3/t23-,34-/m0/s1. The first-order valence-electron chi connectivity index (χ1n) is 15.6. The predicted octanol–water partition coefficient (Wildman–Crippen LogP) is 7.84. The number of aromatic nitrogens is 1. The van der Waals surface area contributed by atoms with Crippen molar-refractivity contribution in [1.29, 1.82) is 0 Å². The van der Waals surface area contributed by atoms with Crippen LogP contribution in [0.3, 0.4) is 0 Å². The van der Waals surface area contributed by atoms with Gasteiger partial charge in [0.2, 0.25) is 0 Å². The molecule has 1 fully saturated rings. The molecular weight excluding hydrogens is 612 g/mol. The third kappa shape index (κ3) is 5.61. The Hall–Kier alpha value is -5.15. The van der Waals surface area contributed by atoms with Gasteiger partial charge in [-0.3, -0.25) is 14.5 Å². The van der Waals surface area contributed by atoms with Gasteiger partial charge in [0.25, 0.3) is 5.78 Å². The van der Waals surface area contributed by atoms with Gasteiger partial charge in [-0.2, -0.15) is 0 Å². The van der Waals surface area contributed by atoms with Gasteiger partial charge < -0.3 is 19.3 Å². The molecule has 1 N–H and O–H groups in total. The van der Waals surface area contributed by atoms with Crippen molar-refractivity contribution in [2.75, 3.05) is 11.5 Å². The Bertz CT molecular complexity index is 2070. The van der Waals surface area contributed by atoms with Crippen molar-refractivity contribution in [2.24, 2.45) is 0 Å².